The van der Waals surface area contributed by atoms with Gasteiger partial charge < -0.3 is 0 Å². The van der Waals surface area contributed by atoms with Gasteiger partial charge in [-0.05, 0) is 19.1 Å². The Labute approximate surface area is 76.4 Å². The molecular formula is C9H15NOS. The molecule has 0 aromatic heterocycles. The molecule has 0 radical (unpaired) electrons. The monoisotopic (exact) mass is 185 g/mol. The summed E-state index contributed by atoms with van der Waals surface area (Å²) >= 11 is 0. The van der Waals surface area contributed by atoms with Crippen LogP contribution in [0.15, 0.2) is 29.2 Å². The van der Waals surface area contributed by atoms with E-state index in [1.165, 1.54) is 0 Å². The molecule has 0 aliphatic heterocycles. The number of aryl methyl sites for hydroxylation is 1. The molecule has 0 fully saturated rings. The molecule has 0 bridgehead atoms. The first-order valence-electron chi connectivity index (χ1n) is 3.93. The minimum atomic E-state index is -1.34. The van der Waals surface area contributed by atoms with E-state index in [-0.39, 0.29) is 0 Å². The van der Waals surface area contributed by atoms with Crippen molar-refractivity contribution < 1.29 is 4.21 Å². The average Bonchev–Trinajstić information content (AvgIpc) is 2.09. The minimum absolute atomic E-state index is 0.672. The molecule has 0 heterocycles. The highest BCUT2D eigenvalue weighted by atomic mass is 32.2. The van der Waals surface area contributed by atoms with E-state index in [2.05, 4.69) is 0 Å². The molecular weight excluding hydrogens is 170 g/mol. The number of benzene rings is 1. The smallest absolute Gasteiger partial charge is 0.122 e. The Balaban J connectivity index is 0.000000561. The number of rotatable bonds is 1. The zero-order valence-corrected chi connectivity index (χ0v) is 8.52. The molecule has 0 amide bonds. The average molecular weight is 185 g/mol. The van der Waals surface area contributed by atoms with Gasteiger partial charge in [0.25, 0.3) is 0 Å². The predicted octanol–water partition coefficient (Wildman–Crippen LogP) is 2.00. The van der Waals surface area contributed by atoms with E-state index >= 15 is 0 Å². The summed E-state index contributed by atoms with van der Waals surface area (Å²) in [6, 6.07) is 7.32. The van der Waals surface area contributed by atoms with Gasteiger partial charge in [0.15, 0.2) is 0 Å². The molecule has 1 rings (SSSR count). The van der Waals surface area contributed by atoms with Gasteiger partial charge in [0, 0.05) is 0 Å². The molecule has 68 valence electrons. The molecule has 2 nitrogen and oxygen atoms in total. The van der Waals surface area contributed by atoms with Gasteiger partial charge in [0.05, 0.1) is 4.90 Å². The quantitative estimate of drug-likeness (QED) is 0.714. The lowest BCUT2D eigenvalue weighted by molar-refractivity contribution is 0.684. The van der Waals surface area contributed by atoms with E-state index in [1.807, 2.05) is 32.9 Å². The standard InChI is InChI=1S/C7H9NOS.C2H6/c1-6-2-4-7(5-3-6)10(8)9;1-2/h2-5H,8H2,1H3;1-2H3. The Morgan fingerprint density at radius 2 is 1.58 bits per heavy atom. The summed E-state index contributed by atoms with van der Waals surface area (Å²) in [6.45, 7) is 5.98. The van der Waals surface area contributed by atoms with E-state index < -0.39 is 11.0 Å². The number of hydrogen-bond donors (Lipinski definition) is 1. The van der Waals surface area contributed by atoms with Crippen LogP contribution in [-0.4, -0.2) is 4.21 Å². The maximum Gasteiger partial charge on any atom is 0.122 e. The Kier molecular flexibility index (Phi) is 5.58. The largest absolute Gasteiger partial charge is 0.248 e. The number of hydrogen-bond acceptors (Lipinski definition) is 1. The van der Waals surface area contributed by atoms with Crippen LogP contribution < -0.4 is 5.14 Å². The molecule has 0 saturated heterocycles. The topological polar surface area (TPSA) is 43.1 Å². The van der Waals surface area contributed by atoms with Crippen LogP contribution in [0.1, 0.15) is 19.4 Å². The van der Waals surface area contributed by atoms with Gasteiger partial charge in [-0.15, -0.1) is 0 Å². The molecule has 12 heavy (non-hydrogen) atoms. The Morgan fingerprint density at radius 1 is 1.17 bits per heavy atom. The van der Waals surface area contributed by atoms with Gasteiger partial charge in [0.2, 0.25) is 0 Å². The van der Waals surface area contributed by atoms with Crippen LogP contribution in [0, 0.1) is 6.92 Å². The zero-order chi connectivity index (χ0) is 9.56. The van der Waals surface area contributed by atoms with Crippen molar-refractivity contribution in [3.8, 4) is 0 Å². The summed E-state index contributed by atoms with van der Waals surface area (Å²) in [6.07, 6.45) is 0. The van der Waals surface area contributed by atoms with E-state index in [0.29, 0.717) is 4.90 Å². The third-order valence-corrected chi connectivity index (χ3v) is 1.99. The summed E-state index contributed by atoms with van der Waals surface area (Å²) < 4.78 is 10.6. The van der Waals surface area contributed by atoms with Crippen molar-refractivity contribution >= 4 is 11.0 Å². The summed E-state index contributed by atoms with van der Waals surface area (Å²) in [7, 11) is -1.34. The van der Waals surface area contributed by atoms with E-state index in [1.54, 1.807) is 12.1 Å². The van der Waals surface area contributed by atoms with Gasteiger partial charge >= 0.3 is 0 Å². The molecule has 0 aliphatic rings. The van der Waals surface area contributed by atoms with Crippen molar-refractivity contribution in [2.75, 3.05) is 0 Å². The molecule has 3 heteroatoms. The summed E-state index contributed by atoms with van der Waals surface area (Å²) in [5.74, 6) is 0. The fourth-order valence-electron chi connectivity index (χ4n) is 0.672. The van der Waals surface area contributed by atoms with Gasteiger partial charge in [-0.2, -0.15) is 0 Å². The molecule has 0 saturated carbocycles. The third-order valence-electron chi connectivity index (χ3n) is 1.25. The van der Waals surface area contributed by atoms with Crippen LogP contribution in [0.4, 0.5) is 0 Å². The van der Waals surface area contributed by atoms with Crippen LogP contribution in [0.5, 0.6) is 0 Å². The molecule has 1 aromatic carbocycles. The normalized spacial score (nSPS) is 11.3. The molecule has 0 aliphatic carbocycles. The summed E-state index contributed by atoms with van der Waals surface area (Å²) in [5.41, 5.74) is 1.15. The lowest BCUT2D eigenvalue weighted by Crippen LogP contribution is -2.01. The molecule has 2 N–H and O–H groups in total. The van der Waals surface area contributed by atoms with Crippen molar-refractivity contribution in [1.29, 1.82) is 0 Å². The fourth-order valence-corrected chi connectivity index (χ4v) is 1.08. The van der Waals surface area contributed by atoms with Crippen molar-refractivity contribution in [2.24, 2.45) is 5.14 Å². The molecule has 1 atom stereocenters. The first kappa shape index (κ1) is 11.3. The highest BCUT2D eigenvalue weighted by molar-refractivity contribution is 7.82. The van der Waals surface area contributed by atoms with Crippen molar-refractivity contribution in [1.82, 2.24) is 0 Å². The summed E-state index contributed by atoms with van der Waals surface area (Å²) in [4.78, 5) is 0.672. The SMILES string of the molecule is CC.Cc1ccc(S(N)=O)cc1. The van der Waals surface area contributed by atoms with E-state index in [4.69, 9.17) is 5.14 Å². The van der Waals surface area contributed by atoms with Crippen LogP contribution in [0.25, 0.3) is 0 Å². The predicted molar refractivity (Wildman–Crippen MR) is 53.1 cm³/mol. The Bertz CT molecular complexity index is 243. The third kappa shape index (κ3) is 3.64. The molecule has 0 spiro atoms. The first-order valence-corrected chi connectivity index (χ1v) is 5.14. The maximum absolute atomic E-state index is 10.6. The second-order valence-electron chi connectivity index (χ2n) is 2.11. The highest BCUT2D eigenvalue weighted by Gasteiger charge is 1.94. The maximum atomic E-state index is 10.6. The van der Waals surface area contributed by atoms with Gasteiger partial charge in [-0.1, -0.05) is 31.5 Å². The second-order valence-corrected chi connectivity index (χ2v) is 3.18. The Hall–Kier alpha value is -0.670. The molecule has 1 unspecified atom stereocenters. The fraction of sp³-hybridized carbons (Fsp3) is 0.333. The van der Waals surface area contributed by atoms with Gasteiger partial charge in [0.1, 0.15) is 11.0 Å². The van der Waals surface area contributed by atoms with E-state index in [0.717, 1.165) is 5.56 Å². The first-order chi connectivity index (χ1) is 5.70. The lowest BCUT2D eigenvalue weighted by atomic mass is 10.2. The molecule has 1 aromatic rings. The lowest BCUT2D eigenvalue weighted by Gasteiger charge is -1.94. The van der Waals surface area contributed by atoms with Crippen molar-refractivity contribution in [3.63, 3.8) is 0 Å². The van der Waals surface area contributed by atoms with Crippen molar-refractivity contribution in [2.45, 2.75) is 25.7 Å². The van der Waals surface area contributed by atoms with Crippen LogP contribution >= 0.6 is 0 Å². The second kappa shape index (κ2) is 5.91. The number of nitrogens with two attached hydrogens (primary N) is 1. The van der Waals surface area contributed by atoms with Gasteiger partial charge in [-0.25, -0.2) is 9.35 Å². The van der Waals surface area contributed by atoms with Crippen LogP contribution in [0.2, 0.25) is 0 Å². The minimum Gasteiger partial charge on any atom is -0.248 e. The van der Waals surface area contributed by atoms with E-state index in [9.17, 15) is 4.21 Å². The zero-order valence-electron chi connectivity index (χ0n) is 7.70. The van der Waals surface area contributed by atoms with Gasteiger partial charge in [-0.3, -0.25) is 0 Å². The van der Waals surface area contributed by atoms with Crippen molar-refractivity contribution in [3.05, 3.63) is 29.8 Å². The highest BCUT2D eigenvalue weighted by Crippen LogP contribution is 2.04. The Morgan fingerprint density at radius 3 is 1.92 bits per heavy atom. The van der Waals surface area contributed by atoms with Crippen LogP contribution in [-0.2, 0) is 11.0 Å². The van der Waals surface area contributed by atoms with Crippen LogP contribution in [0.3, 0.4) is 0 Å². The summed E-state index contributed by atoms with van der Waals surface area (Å²) in [5, 5.41) is 5.14.